The highest BCUT2D eigenvalue weighted by atomic mass is 14.9. The van der Waals surface area contributed by atoms with Crippen LogP contribution in [0.25, 0.3) is 11.4 Å². The van der Waals surface area contributed by atoms with E-state index in [4.69, 9.17) is 0 Å². The second kappa shape index (κ2) is 6.01. The fourth-order valence-corrected chi connectivity index (χ4v) is 2.82. The van der Waals surface area contributed by atoms with Gasteiger partial charge in [0, 0.05) is 36.2 Å². The van der Waals surface area contributed by atoms with Crippen LogP contribution in [-0.2, 0) is 6.42 Å². The van der Waals surface area contributed by atoms with Crippen LogP contribution in [0, 0.1) is 0 Å². The zero-order valence-corrected chi connectivity index (χ0v) is 12.8. The number of hydrogen-bond donors (Lipinski definition) is 0. The van der Waals surface area contributed by atoms with Crippen molar-refractivity contribution in [3.05, 3.63) is 109 Å². The lowest BCUT2D eigenvalue weighted by molar-refractivity contribution is 1.06. The van der Waals surface area contributed by atoms with Gasteiger partial charge in [0.1, 0.15) is 0 Å². The van der Waals surface area contributed by atoms with Gasteiger partial charge in [-0.15, -0.1) is 0 Å². The quantitative estimate of drug-likeness (QED) is 0.509. The minimum Gasteiger partial charge on any atom is -0.324 e. The van der Waals surface area contributed by atoms with Gasteiger partial charge in [0.15, 0.2) is 0 Å². The maximum absolute atomic E-state index is 2.20. The van der Waals surface area contributed by atoms with E-state index in [0.29, 0.717) is 0 Å². The van der Waals surface area contributed by atoms with E-state index in [0.717, 1.165) is 6.42 Å². The first-order chi connectivity index (χ1) is 11.4. The van der Waals surface area contributed by atoms with Crippen LogP contribution in [-0.4, -0.2) is 9.13 Å². The lowest BCUT2D eigenvalue weighted by Gasteiger charge is -2.07. The van der Waals surface area contributed by atoms with Crippen LogP contribution in [0.2, 0.25) is 0 Å². The Hall–Kier alpha value is -3.00. The molecule has 4 rings (SSSR count). The van der Waals surface area contributed by atoms with E-state index in [2.05, 4.69) is 82.5 Å². The van der Waals surface area contributed by atoms with Crippen molar-refractivity contribution in [2.45, 2.75) is 6.42 Å². The summed E-state index contributed by atoms with van der Waals surface area (Å²) in [7, 11) is 0. The molecule has 0 atom stereocenters. The van der Waals surface area contributed by atoms with E-state index in [-0.39, 0.29) is 0 Å². The summed E-state index contributed by atoms with van der Waals surface area (Å²) in [6.45, 7) is 0. The van der Waals surface area contributed by atoms with Crippen LogP contribution in [0.15, 0.2) is 97.6 Å². The summed E-state index contributed by atoms with van der Waals surface area (Å²) in [6.07, 6.45) is 9.21. The van der Waals surface area contributed by atoms with Crippen molar-refractivity contribution in [2.24, 2.45) is 0 Å². The molecule has 0 N–H and O–H groups in total. The molecule has 0 aliphatic rings. The third-order valence-corrected chi connectivity index (χ3v) is 4.09. The summed E-state index contributed by atoms with van der Waals surface area (Å²) >= 11 is 0. The van der Waals surface area contributed by atoms with Crippen molar-refractivity contribution in [1.29, 1.82) is 0 Å². The predicted octanol–water partition coefficient (Wildman–Crippen LogP) is 4.86. The number of benzene rings is 2. The molecule has 0 bridgehead atoms. The van der Waals surface area contributed by atoms with Gasteiger partial charge in [-0.2, -0.15) is 0 Å². The molecule has 0 spiro atoms. The third-order valence-electron chi connectivity index (χ3n) is 4.09. The summed E-state index contributed by atoms with van der Waals surface area (Å²) in [5, 5.41) is 0. The highest BCUT2D eigenvalue weighted by Crippen LogP contribution is 2.16. The topological polar surface area (TPSA) is 9.86 Å². The molecule has 23 heavy (non-hydrogen) atoms. The normalized spacial score (nSPS) is 10.8. The van der Waals surface area contributed by atoms with Crippen LogP contribution in [0.4, 0.5) is 0 Å². The molecule has 2 heteroatoms. The van der Waals surface area contributed by atoms with Gasteiger partial charge in [0.05, 0.1) is 0 Å². The molecule has 112 valence electrons. The average Bonchev–Trinajstić information content (AvgIpc) is 3.30. The molecule has 4 aromatic rings. The number of rotatable bonds is 4. The summed E-state index contributed by atoms with van der Waals surface area (Å²) in [6, 6.07) is 25.7. The van der Waals surface area contributed by atoms with Gasteiger partial charge in [-0.1, -0.05) is 24.3 Å². The van der Waals surface area contributed by atoms with Gasteiger partial charge >= 0.3 is 0 Å². The molecule has 0 amide bonds. The Bertz CT molecular complexity index is 777. The monoisotopic (exact) mass is 298 g/mol. The molecule has 0 fully saturated rings. The molecule has 0 aliphatic heterocycles. The Labute approximate surface area is 136 Å². The third kappa shape index (κ3) is 2.97. The SMILES string of the molecule is c1ccn(-c2ccc(Cc3ccc(-n4cccc4)cc3)cc2)c1. The van der Waals surface area contributed by atoms with Crippen LogP contribution < -0.4 is 0 Å². The molecule has 0 radical (unpaired) electrons. The fourth-order valence-electron chi connectivity index (χ4n) is 2.82. The van der Waals surface area contributed by atoms with E-state index in [1.807, 2.05) is 24.3 Å². The first-order valence-corrected chi connectivity index (χ1v) is 7.83. The largest absolute Gasteiger partial charge is 0.324 e. The first kappa shape index (κ1) is 13.6. The number of hydrogen-bond acceptors (Lipinski definition) is 0. The second-order valence-corrected chi connectivity index (χ2v) is 5.69. The van der Waals surface area contributed by atoms with E-state index < -0.39 is 0 Å². The lowest BCUT2D eigenvalue weighted by atomic mass is 10.0. The first-order valence-electron chi connectivity index (χ1n) is 7.83. The van der Waals surface area contributed by atoms with Crippen molar-refractivity contribution >= 4 is 0 Å². The van der Waals surface area contributed by atoms with Crippen molar-refractivity contribution < 1.29 is 0 Å². The summed E-state index contributed by atoms with van der Waals surface area (Å²) in [4.78, 5) is 0. The van der Waals surface area contributed by atoms with Gasteiger partial charge in [-0.25, -0.2) is 0 Å². The second-order valence-electron chi connectivity index (χ2n) is 5.69. The molecular formula is C21H18N2. The molecule has 2 aromatic heterocycles. The maximum atomic E-state index is 2.20. The Morgan fingerprint density at radius 2 is 0.826 bits per heavy atom. The smallest absolute Gasteiger partial charge is 0.0449 e. The van der Waals surface area contributed by atoms with E-state index in [1.54, 1.807) is 0 Å². The minimum absolute atomic E-state index is 0.956. The molecule has 0 unspecified atom stereocenters. The Balaban J connectivity index is 1.49. The van der Waals surface area contributed by atoms with Crippen LogP contribution in [0.1, 0.15) is 11.1 Å². The predicted molar refractivity (Wildman–Crippen MR) is 94.3 cm³/mol. The van der Waals surface area contributed by atoms with Crippen LogP contribution >= 0.6 is 0 Å². The van der Waals surface area contributed by atoms with Crippen LogP contribution in [0.3, 0.4) is 0 Å². The zero-order chi connectivity index (χ0) is 15.5. The standard InChI is InChI=1S/C21H18N2/c1-2-14-22(13-1)20-9-5-18(6-10-20)17-19-7-11-21(12-8-19)23-15-3-4-16-23/h1-16H,17H2. The Morgan fingerprint density at radius 1 is 0.478 bits per heavy atom. The molecule has 2 heterocycles. The molecule has 0 saturated heterocycles. The Morgan fingerprint density at radius 3 is 1.17 bits per heavy atom. The maximum Gasteiger partial charge on any atom is 0.0449 e. The summed E-state index contributed by atoms with van der Waals surface area (Å²) in [5.74, 6) is 0. The highest BCUT2D eigenvalue weighted by molar-refractivity contribution is 5.39. The summed E-state index contributed by atoms with van der Waals surface area (Å²) in [5.41, 5.74) is 5.05. The summed E-state index contributed by atoms with van der Waals surface area (Å²) < 4.78 is 4.24. The zero-order valence-electron chi connectivity index (χ0n) is 12.8. The average molecular weight is 298 g/mol. The van der Waals surface area contributed by atoms with Crippen molar-refractivity contribution in [2.75, 3.05) is 0 Å². The minimum atomic E-state index is 0.956. The number of aromatic nitrogens is 2. The number of nitrogens with zero attached hydrogens (tertiary/aromatic N) is 2. The van der Waals surface area contributed by atoms with Gasteiger partial charge < -0.3 is 9.13 Å². The van der Waals surface area contributed by atoms with Gasteiger partial charge in [-0.05, 0) is 66.1 Å². The molecule has 0 aliphatic carbocycles. The fraction of sp³-hybridized carbons (Fsp3) is 0.0476. The highest BCUT2D eigenvalue weighted by Gasteiger charge is 2.00. The van der Waals surface area contributed by atoms with E-state index >= 15 is 0 Å². The van der Waals surface area contributed by atoms with E-state index in [9.17, 15) is 0 Å². The van der Waals surface area contributed by atoms with Crippen molar-refractivity contribution in [1.82, 2.24) is 9.13 Å². The van der Waals surface area contributed by atoms with Crippen LogP contribution in [0.5, 0.6) is 0 Å². The molecular weight excluding hydrogens is 280 g/mol. The Kier molecular flexibility index (Phi) is 3.57. The molecule has 0 saturated carbocycles. The van der Waals surface area contributed by atoms with E-state index in [1.165, 1.54) is 22.5 Å². The molecule has 2 aromatic carbocycles. The van der Waals surface area contributed by atoms with Crippen molar-refractivity contribution in [3.63, 3.8) is 0 Å². The molecule has 2 nitrogen and oxygen atoms in total. The van der Waals surface area contributed by atoms with Gasteiger partial charge in [0.25, 0.3) is 0 Å². The van der Waals surface area contributed by atoms with Gasteiger partial charge in [0.2, 0.25) is 0 Å². The van der Waals surface area contributed by atoms with Crippen molar-refractivity contribution in [3.8, 4) is 11.4 Å². The van der Waals surface area contributed by atoms with Gasteiger partial charge in [-0.3, -0.25) is 0 Å². The lowest BCUT2D eigenvalue weighted by Crippen LogP contribution is -1.93.